The van der Waals surface area contributed by atoms with Crippen molar-refractivity contribution in [3.8, 4) is 55.9 Å². The minimum absolute atomic E-state index is 0.969. The Balaban J connectivity index is 1.45. The Morgan fingerprint density at radius 1 is 0.295 bits per heavy atom. The van der Waals surface area contributed by atoms with E-state index in [0.29, 0.717) is 0 Å². The van der Waals surface area contributed by atoms with Crippen LogP contribution in [0.2, 0.25) is 0 Å². The summed E-state index contributed by atoms with van der Waals surface area (Å²) in [5, 5.41) is 4.99. The third-order valence-corrected chi connectivity index (χ3v) is 8.47. The lowest BCUT2D eigenvalue weighted by atomic mass is 9.84. The molecule has 0 amide bonds. The fourth-order valence-corrected chi connectivity index (χ4v) is 6.46. The molecule has 206 valence electrons. The third-order valence-electron chi connectivity index (χ3n) is 8.47. The third kappa shape index (κ3) is 4.56. The predicted octanol–water partition coefficient (Wildman–Crippen LogP) is 11.7. The zero-order valence-corrected chi connectivity index (χ0v) is 24.2. The fourth-order valence-electron chi connectivity index (χ4n) is 6.46. The Kier molecular flexibility index (Phi) is 6.55. The molecule has 1 heterocycles. The smallest absolute Gasteiger partial charge is 0.0787 e. The maximum atomic E-state index is 5.27. The molecule has 0 radical (unpaired) electrons. The van der Waals surface area contributed by atoms with Gasteiger partial charge in [0.15, 0.2) is 0 Å². The molecule has 0 bridgehead atoms. The van der Waals surface area contributed by atoms with Gasteiger partial charge in [-0.05, 0) is 61.5 Å². The Bertz CT molecular complexity index is 2240. The van der Waals surface area contributed by atoms with Gasteiger partial charge < -0.3 is 0 Å². The number of nitrogens with zero attached hydrogens (tertiary/aromatic N) is 1. The Morgan fingerprint density at radius 3 is 1.32 bits per heavy atom. The fraction of sp³-hybridized carbons (Fsp3) is 0. The first kappa shape index (κ1) is 25.9. The number of fused-ring (bicyclic) bond motifs is 2. The SMILES string of the molecule is c1ccc(-c2ccc(-c3ccc4c(-c5ccccc5)c5ccccc5c(-c5ccccc5)c4c3)c(-c3ccccc3)n2)cc1. The summed E-state index contributed by atoms with van der Waals surface area (Å²) in [5.74, 6) is 0. The van der Waals surface area contributed by atoms with Gasteiger partial charge in [0, 0.05) is 16.7 Å². The molecule has 0 saturated carbocycles. The monoisotopic (exact) mass is 559 g/mol. The molecule has 0 saturated heterocycles. The van der Waals surface area contributed by atoms with E-state index in [-0.39, 0.29) is 0 Å². The highest BCUT2D eigenvalue weighted by molar-refractivity contribution is 6.22. The van der Waals surface area contributed by atoms with E-state index in [1.54, 1.807) is 0 Å². The van der Waals surface area contributed by atoms with Crippen molar-refractivity contribution in [1.29, 1.82) is 0 Å². The second-order valence-electron chi connectivity index (χ2n) is 11.1. The van der Waals surface area contributed by atoms with Gasteiger partial charge in [0.25, 0.3) is 0 Å². The van der Waals surface area contributed by atoms with E-state index in [1.165, 1.54) is 43.8 Å². The zero-order valence-electron chi connectivity index (χ0n) is 24.2. The lowest BCUT2D eigenvalue weighted by Gasteiger charge is -2.19. The van der Waals surface area contributed by atoms with Crippen LogP contribution in [0, 0.1) is 0 Å². The van der Waals surface area contributed by atoms with Crippen molar-refractivity contribution in [3.05, 3.63) is 176 Å². The minimum atomic E-state index is 0.969. The molecule has 0 aliphatic carbocycles. The molecule has 0 spiro atoms. The van der Waals surface area contributed by atoms with Crippen LogP contribution in [-0.4, -0.2) is 4.98 Å². The van der Waals surface area contributed by atoms with Gasteiger partial charge >= 0.3 is 0 Å². The van der Waals surface area contributed by atoms with Crippen LogP contribution in [0.5, 0.6) is 0 Å². The van der Waals surface area contributed by atoms with Gasteiger partial charge in [0.1, 0.15) is 0 Å². The summed E-state index contributed by atoms with van der Waals surface area (Å²) in [4.78, 5) is 5.27. The van der Waals surface area contributed by atoms with Crippen molar-refractivity contribution in [1.82, 2.24) is 4.98 Å². The number of hydrogen-bond donors (Lipinski definition) is 0. The van der Waals surface area contributed by atoms with Gasteiger partial charge in [-0.1, -0.05) is 164 Å². The first-order chi connectivity index (χ1) is 21.8. The second kappa shape index (κ2) is 11.1. The van der Waals surface area contributed by atoms with Gasteiger partial charge in [-0.3, -0.25) is 0 Å². The molecule has 1 heteroatoms. The molecule has 7 aromatic carbocycles. The van der Waals surface area contributed by atoms with E-state index in [4.69, 9.17) is 4.98 Å². The van der Waals surface area contributed by atoms with E-state index >= 15 is 0 Å². The number of rotatable bonds is 5. The van der Waals surface area contributed by atoms with Crippen molar-refractivity contribution < 1.29 is 0 Å². The van der Waals surface area contributed by atoms with Crippen molar-refractivity contribution in [2.24, 2.45) is 0 Å². The molecular formula is C43H29N. The molecule has 1 nitrogen and oxygen atoms in total. The van der Waals surface area contributed by atoms with E-state index in [2.05, 4.69) is 170 Å². The number of hydrogen-bond acceptors (Lipinski definition) is 1. The lowest BCUT2D eigenvalue weighted by molar-refractivity contribution is 1.32. The van der Waals surface area contributed by atoms with Crippen molar-refractivity contribution >= 4 is 21.5 Å². The molecule has 8 aromatic rings. The summed E-state index contributed by atoms with van der Waals surface area (Å²) < 4.78 is 0. The van der Waals surface area contributed by atoms with Crippen LogP contribution < -0.4 is 0 Å². The molecule has 0 unspecified atom stereocenters. The summed E-state index contributed by atoms with van der Waals surface area (Å²) in [6.07, 6.45) is 0. The van der Waals surface area contributed by atoms with Gasteiger partial charge in [-0.25, -0.2) is 4.98 Å². The molecule has 1 aromatic heterocycles. The number of aromatic nitrogens is 1. The van der Waals surface area contributed by atoms with E-state index in [0.717, 1.165) is 33.6 Å². The summed E-state index contributed by atoms with van der Waals surface area (Å²) in [7, 11) is 0. The van der Waals surface area contributed by atoms with Gasteiger partial charge in [0.05, 0.1) is 11.4 Å². The maximum absolute atomic E-state index is 5.27. The molecule has 0 atom stereocenters. The van der Waals surface area contributed by atoms with Gasteiger partial charge in [0.2, 0.25) is 0 Å². The first-order valence-corrected chi connectivity index (χ1v) is 15.1. The minimum Gasteiger partial charge on any atom is -0.247 e. The summed E-state index contributed by atoms with van der Waals surface area (Å²) in [6, 6.07) is 62.7. The average molecular weight is 560 g/mol. The van der Waals surface area contributed by atoms with Crippen LogP contribution in [-0.2, 0) is 0 Å². The van der Waals surface area contributed by atoms with Crippen LogP contribution in [0.15, 0.2) is 176 Å². The molecule has 0 aliphatic rings. The second-order valence-corrected chi connectivity index (χ2v) is 11.1. The summed E-state index contributed by atoms with van der Waals surface area (Å²) in [5.41, 5.74) is 11.4. The highest BCUT2D eigenvalue weighted by Crippen LogP contribution is 2.45. The average Bonchev–Trinajstić information content (AvgIpc) is 3.11. The molecule has 0 fully saturated rings. The standard InChI is InChI=1S/C43H29N/c1-5-15-30(16-6-1)40-28-27-35(43(44-40)33-21-11-4-12-22-33)34-25-26-38-39(29-34)42(32-19-9-3-10-20-32)37-24-14-13-23-36(37)41(38)31-17-7-2-8-18-31/h1-29H. The number of benzene rings is 7. The highest BCUT2D eigenvalue weighted by Gasteiger charge is 2.19. The van der Waals surface area contributed by atoms with Crippen molar-refractivity contribution in [3.63, 3.8) is 0 Å². The zero-order chi connectivity index (χ0) is 29.3. The van der Waals surface area contributed by atoms with Crippen molar-refractivity contribution in [2.45, 2.75) is 0 Å². The molecular weight excluding hydrogens is 530 g/mol. The first-order valence-electron chi connectivity index (χ1n) is 15.1. The maximum Gasteiger partial charge on any atom is 0.0787 e. The van der Waals surface area contributed by atoms with E-state index in [9.17, 15) is 0 Å². The van der Waals surface area contributed by atoms with Crippen LogP contribution in [0.1, 0.15) is 0 Å². The van der Waals surface area contributed by atoms with Crippen LogP contribution >= 0.6 is 0 Å². The normalized spacial score (nSPS) is 11.2. The predicted molar refractivity (Wildman–Crippen MR) is 186 cm³/mol. The molecule has 0 aliphatic heterocycles. The summed E-state index contributed by atoms with van der Waals surface area (Å²) >= 11 is 0. The van der Waals surface area contributed by atoms with E-state index < -0.39 is 0 Å². The Labute approximate surface area is 257 Å². The summed E-state index contributed by atoms with van der Waals surface area (Å²) in [6.45, 7) is 0. The van der Waals surface area contributed by atoms with Crippen LogP contribution in [0.3, 0.4) is 0 Å². The lowest BCUT2D eigenvalue weighted by Crippen LogP contribution is -1.94. The Morgan fingerprint density at radius 2 is 0.750 bits per heavy atom. The van der Waals surface area contributed by atoms with E-state index in [1.807, 2.05) is 6.07 Å². The largest absolute Gasteiger partial charge is 0.247 e. The van der Waals surface area contributed by atoms with Crippen molar-refractivity contribution in [2.75, 3.05) is 0 Å². The quantitative estimate of drug-likeness (QED) is 0.191. The molecule has 0 N–H and O–H groups in total. The highest BCUT2D eigenvalue weighted by atomic mass is 14.7. The molecule has 8 rings (SSSR count). The topological polar surface area (TPSA) is 12.9 Å². The van der Waals surface area contributed by atoms with Crippen LogP contribution in [0.25, 0.3) is 77.4 Å². The van der Waals surface area contributed by atoms with Crippen LogP contribution in [0.4, 0.5) is 0 Å². The number of pyridine rings is 1. The molecule has 44 heavy (non-hydrogen) atoms. The van der Waals surface area contributed by atoms with Gasteiger partial charge in [-0.15, -0.1) is 0 Å². The van der Waals surface area contributed by atoms with Gasteiger partial charge in [-0.2, -0.15) is 0 Å². The Hall–Kier alpha value is -5.79.